The third-order valence-corrected chi connectivity index (χ3v) is 1.71. The smallest absolute Gasteiger partial charge is 0.00514 e. The summed E-state index contributed by atoms with van der Waals surface area (Å²) >= 11 is 0. The molecule has 0 aromatic carbocycles. The summed E-state index contributed by atoms with van der Waals surface area (Å²) in [7, 11) is 0. The Morgan fingerprint density at radius 1 is 1.50 bits per heavy atom. The van der Waals surface area contributed by atoms with Crippen LogP contribution in [0.15, 0.2) is 36.5 Å². The van der Waals surface area contributed by atoms with Gasteiger partial charge in [-0.3, -0.25) is 0 Å². The van der Waals surface area contributed by atoms with E-state index < -0.39 is 0 Å². The first-order chi connectivity index (χ1) is 4.72. The van der Waals surface area contributed by atoms with E-state index in [4.69, 9.17) is 0 Å². The Balaban J connectivity index is 3.95. The molecule has 0 saturated heterocycles. The Labute approximate surface area is 64.0 Å². The molecule has 1 atom stereocenters. The van der Waals surface area contributed by atoms with Gasteiger partial charge in [-0.2, -0.15) is 0 Å². The van der Waals surface area contributed by atoms with Crippen LogP contribution in [0.4, 0.5) is 0 Å². The molecule has 0 saturated carbocycles. The second-order valence-corrected chi connectivity index (χ2v) is 2.44. The third-order valence-electron chi connectivity index (χ3n) is 1.71. The molecule has 0 aliphatic rings. The number of hydrogen-bond donors (Lipinski definition) is 0. The van der Waals surface area contributed by atoms with Crippen LogP contribution in [0.1, 0.15) is 20.8 Å². The Morgan fingerprint density at radius 2 is 2.10 bits per heavy atom. The lowest BCUT2D eigenvalue weighted by atomic mass is 10.0. The second-order valence-electron chi connectivity index (χ2n) is 2.44. The average molecular weight is 136 g/mol. The largest absolute Gasteiger partial charge is 0.0991 e. The highest BCUT2D eigenvalue weighted by atomic mass is 14.0. The fourth-order valence-electron chi connectivity index (χ4n) is 0.660. The maximum absolute atomic E-state index is 3.61. The molecule has 0 N–H and O–H groups in total. The van der Waals surface area contributed by atoms with E-state index in [0.29, 0.717) is 5.92 Å². The Morgan fingerprint density at radius 3 is 2.50 bits per heavy atom. The summed E-state index contributed by atoms with van der Waals surface area (Å²) < 4.78 is 0. The lowest BCUT2D eigenvalue weighted by Crippen LogP contribution is -1.89. The van der Waals surface area contributed by atoms with Gasteiger partial charge in [0, 0.05) is 0 Å². The van der Waals surface area contributed by atoms with E-state index in [1.54, 1.807) is 6.08 Å². The predicted octanol–water partition coefficient (Wildman–Crippen LogP) is 3.33. The first kappa shape index (κ1) is 9.22. The van der Waals surface area contributed by atoms with Crippen molar-refractivity contribution in [2.45, 2.75) is 20.8 Å². The molecule has 0 aliphatic carbocycles. The van der Waals surface area contributed by atoms with Crippen LogP contribution in [0.25, 0.3) is 0 Å². The molecule has 0 spiro atoms. The molecule has 0 fully saturated rings. The molecule has 0 nitrogen and oxygen atoms in total. The highest BCUT2D eigenvalue weighted by molar-refractivity contribution is 5.11. The monoisotopic (exact) mass is 136 g/mol. The van der Waals surface area contributed by atoms with Gasteiger partial charge < -0.3 is 0 Å². The lowest BCUT2D eigenvalue weighted by molar-refractivity contribution is 0.860. The van der Waals surface area contributed by atoms with Crippen LogP contribution in [-0.4, -0.2) is 0 Å². The highest BCUT2D eigenvalue weighted by Crippen LogP contribution is 2.09. The number of hydrogen-bond acceptors (Lipinski definition) is 0. The molecular formula is C10H16. The van der Waals surface area contributed by atoms with Crippen molar-refractivity contribution in [2.24, 2.45) is 5.92 Å². The molecule has 0 heterocycles. The van der Waals surface area contributed by atoms with Crippen molar-refractivity contribution in [1.82, 2.24) is 0 Å². The molecule has 56 valence electrons. The van der Waals surface area contributed by atoms with E-state index >= 15 is 0 Å². The number of allylic oxidation sites excluding steroid dienone is 5. The van der Waals surface area contributed by atoms with Gasteiger partial charge in [0.1, 0.15) is 0 Å². The molecule has 0 rings (SSSR count). The van der Waals surface area contributed by atoms with Crippen LogP contribution in [0.5, 0.6) is 0 Å². The normalized spacial score (nSPS) is 15.7. The van der Waals surface area contributed by atoms with E-state index in [2.05, 4.69) is 39.5 Å². The SMILES string of the molecule is C=C/C=C/C(C)/C(C)=C/C. The van der Waals surface area contributed by atoms with Gasteiger partial charge in [-0.15, -0.1) is 0 Å². The molecule has 0 bridgehead atoms. The van der Waals surface area contributed by atoms with Crippen molar-refractivity contribution in [1.29, 1.82) is 0 Å². The van der Waals surface area contributed by atoms with Crippen molar-refractivity contribution < 1.29 is 0 Å². The van der Waals surface area contributed by atoms with Gasteiger partial charge in [-0.1, -0.05) is 43.4 Å². The van der Waals surface area contributed by atoms with E-state index in [1.807, 2.05) is 6.08 Å². The summed E-state index contributed by atoms with van der Waals surface area (Å²) in [4.78, 5) is 0. The van der Waals surface area contributed by atoms with Crippen LogP contribution in [0.2, 0.25) is 0 Å². The molecule has 0 amide bonds. The van der Waals surface area contributed by atoms with Gasteiger partial charge in [0.2, 0.25) is 0 Å². The minimum absolute atomic E-state index is 0.544. The zero-order chi connectivity index (χ0) is 7.98. The number of rotatable bonds is 3. The summed E-state index contributed by atoms with van der Waals surface area (Å²) in [6.45, 7) is 9.99. The van der Waals surface area contributed by atoms with Crippen molar-refractivity contribution >= 4 is 0 Å². The summed E-state index contributed by atoms with van der Waals surface area (Å²) in [5.74, 6) is 0.544. The van der Waals surface area contributed by atoms with Crippen molar-refractivity contribution in [3.63, 3.8) is 0 Å². The zero-order valence-corrected chi connectivity index (χ0v) is 7.09. The first-order valence-electron chi connectivity index (χ1n) is 3.64. The molecule has 0 aromatic rings. The summed E-state index contributed by atoms with van der Waals surface area (Å²) in [5.41, 5.74) is 1.40. The Bertz CT molecular complexity index is 149. The van der Waals surface area contributed by atoms with Crippen LogP contribution in [0.3, 0.4) is 0 Å². The Hall–Kier alpha value is -0.780. The molecular weight excluding hydrogens is 120 g/mol. The summed E-state index contributed by atoms with van der Waals surface area (Å²) in [5, 5.41) is 0. The molecule has 1 unspecified atom stereocenters. The van der Waals surface area contributed by atoms with Gasteiger partial charge in [0.15, 0.2) is 0 Å². The van der Waals surface area contributed by atoms with Crippen LogP contribution >= 0.6 is 0 Å². The van der Waals surface area contributed by atoms with E-state index in [-0.39, 0.29) is 0 Å². The second kappa shape index (κ2) is 5.04. The summed E-state index contributed by atoms with van der Waals surface area (Å²) in [6, 6.07) is 0. The van der Waals surface area contributed by atoms with Crippen molar-refractivity contribution in [2.75, 3.05) is 0 Å². The predicted molar refractivity (Wildman–Crippen MR) is 47.9 cm³/mol. The topological polar surface area (TPSA) is 0 Å². The minimum atomic E-state index is 0.544. The van der Waals surface area contributed by atoms with Crippen molar-refractivity contribution in [3.05, 3.63) is 36.5 Å². The third kappa shape index (κ3) is 3.29. The van der Waals surface area contributed by atoms with Gasteiger partial charge in [-0.05, 0) is 19.8 Å². The van der Waals surface area contributed by atoms with E-state index in [1.165, 1.54) is 5.57 Å². The zero-order valence-electron chi connectivity index (χ0n) is 7.09. The maximum Gasteiger partial charge on any atom is -0.00514 e. The highest BCUT2D eigenvalue weighted by Gasteiger charge is 1.95. The summed E-state index contributed by atoms with van der Waals surface area (Å²) in [6.07, 6.45) is 8.07. The first-order valence-corrected chi connectivity index (χ1v) is 3.64. The molecule has 0 radical (unpaired) electrons. The molecule has 10 heavy (non-hydrogen) atoms. The maximum atomic E-state index is 3.61. The van der Waals surface area contributed by atoms with Crippen LogP contribution < -0.4 is 0 Å². The van der Waals surface area contributed by atoms with Gasteiger partial charge in [0.05, 0.1) is 0 Å². The fourth-order valence-corrected chi connectivity index (χ4v) is 0.660. The average Bonchev–Trinajstić information content (AvgIpc) is 1.98. The van der Waals surface area contributed by atoms with E-state index in [0.717, 1.165) is 0 Å². The van der Waals surface area contributed by atoms with Crippen molar-refractivity contribution in [3.8, 4) is 0 Å². The van der Waals surface area contributed by atoms with E-state index in [9.17, 15) is 0 Å². The van der Waals surface area contributed by atoms with Crippen LogP contribution in [-0.2, 0) is 0 Å². The van der Waals surface area contributed by atoms with Gasteiger partial charge >= 0.3 is 0 Å². The van der Waals surface area contributed by atoms with Crippen LogP contribution in [0, 0.1) is 5.92 Å². The fraction of sp³-hybridized carbons (Fsp3) is 0.400. The quantitative estimate of drug-likeness (QED) is 0.412. The van der Waals surface area contributed by atoms with Gasteiger partial charge in [-0.25, -0.2) is 0 Å². The molecule has 0 aliphatic heterocycles. The van der Waals surface area contributed by atoms with Gasteiger partial charge in [0.25, 0.3) is 0 Å². The standard InChI is InChI=1S/C10H16/c1-5-7-8-10(4)9(3)6-2/h5-8,10H,1H2,2-4H3/b8-7+,9-6+. The minimum Gasteiger partial charge on any atom is -0.0991 e. The lowest BCUT2D eigenvalue weighted by Gasteiger charge is -2.03. The Kier molecular flexibility index (Phi) is 4.65. The molecule has 0 aromatic heterocycles. The molecule has 0 heteroatoms.